The molecule has 8 nitrogen and oxygen atoms in total. The highest BCUT2D eigenvalue weighted by Crippen LogP contribution is 2.28. The van der Waals surface area contributed by atoms with Crippen molar-refractivity contribution >= 4 is 23.6 Å². The molecule has 140 valence electrons. The molecule has 0 aliphatic carbocycles. The number of urea groups is 1. The van der Waals surface area contributed by atoms with Crippen molar-refractivity contribution < 1.29 is 18.7 Å². The van der Waals surface area contributed by atoms with Gasteiger partial charge in [-0.05, 0) is 29.8 Å². The number of aromatic nitrogens is 2. The van der Waals surface area contributed by atoms with Gasteiger partial charge in [0.1, 0.15) is 0 Å². The first-order valence-electron chi connectivity index (χ1n) is 7.95. The van der Waals surface area contributed by atoms with E-state index in [1.165, 1.54) is 0 Å². The van der Waals surface area contributed by atoms with Gasteiger partial charge >= 0.3 is 12.0 Å². The average Bonchev–Trinajstić information content (AvgIpc) is 3.14. The van der Waals surface area contributed by atoms with Crippen LogP contribution in [0.5, 0.6) is 11.5 Å². The van der Waals surface area contributed by atoms with Crippen LogP contribution in [0.25, 0.3) is 11.5 Å². The molecule has 2 amide bonds. The molecule has 1 heterocycles. The highest BCUT2D eigenvalue weighted by atomic mass is 35.5. The van der Waals surface area contributed by atoms with E-state index < -0.39 is 6.03 Å². The molecule has 0 radical (unpaired) electrons. The number of hydrogen-bond donors (Lipinski definition) is 2. The van der Waals surface area contributed by atoms with E-state index in [9.17, 15) is 4.79 Å². The Morgan fingerprint density at radius 1 is 1.11 bits per heavy atom. The minimum absolute atomic E-state index is 0.0327. The molecular weight excluding hydrogens is 372 g/mol. The number of rotatable bonds is 6. The zero-order valence-corrected chi connectivity index (χ0v) is 15.4. The van der Waals surface area contributed by atoms with E-state index in [-0.39, 0.29) is 18.5 Å². The topological polar surface area (TPSA) is 98.5 Å². The minimum Gasteiger partial charge on any atom is -0.493 e. The molecule has 0 aliphatic rings. The second-order valence-corrected chi connectivity index (χ2v) is 5.80. The van der Waals surface area contributed by atoms with E-state index in [1.807, 2.05) is 6.07 Å². The van der Waals surface area contributed by atoms with E-state index in [0.29, 0.717) is 22.1 Å². The fourth-order valence-corrected chi connectivity index (χ4v) is 2.55. The zero-order chi connectivity index (χ0) is 19.2. The van der Waals surface area contributed by atoms with Crippen molar-refractivity contribution in [3.05, 3.63) is 53.1 Å². The van der Waals surface area contributed by atoms with Crippen molar-refractivity contribution in [1.82, 2.24) is 15.5 Å². The molecule has 0 aliphatic heterocycles. The molecule has 1 aromatic heterocycles. The zero-order valence-electron chi connectivity index (χ0n) is 14.7. The van der Waals surface area contributed by atoms with Gasteiger partial charge < -0.3 is 19.2 Å². The Hall–Kier alpha value is -3.26. The van der Waals surface area contributed by atoms with Crippen LogP contribution in [0.15, 0.2) is 46.9 Å². The Kier molecular flexibility index (Phi) is 5.77. The van der Waals surface area contributed by atoms with Gasteiger partial charge in [0.15, 0.2) is 11.5 Å². The summed E-state index contributed by atoms with van der Waals surface area (Å²) < 4.78 is 15.8. The number of nitrogens with zero attached hydrogens (tertiary/aromatic N) is 2. The van der Waals surface area contributed by atoms with Crippen LogP contribution in [0, 0.1) is 0 Å². The van der Waals surface area contributed by atoms with Crippen LogP contribution in [-0.2, 0) is 6.54 Å². The molecule has 0 unspecified atom stereocenters. The van der Waals surface area contributed by atoms with E-state index in [4.69, 9.17) is 25.5 Å². The largest absolute Gasteiger partial charge is 0.493 e. The summed E-state index contributed by atoms with van der Waals surface area (Å²) in [5, 5.41) is 13.3. The molecule has 3 rings (SSSR count). The predicted molar refractivity (Wildman–Crippen MR) is 100 cm³/mol. The highest BCUT2D eigenvalue weighted by molar-refractivity contribution is 6.33. The summed E-state index contributed by atoms with van der Waals surface area (Å²) in [6, 6.07) is 11.9. The molecule has 27 heavy (non-hydrogen) atoms. The minimum atomic E-state index is -0.487. The molecule has 3 aromatic rings. The number of carbonyl (C=O) groups excluding carboxylic acids is 1. The van der Waals surface area contributed by atoms with Crippen LogP contribution in [0.2, 0.25) is 5.02 Å². The summed E-state index contributed by atoms with van der Waals surface area (Å²) in [4.78, 5) is 12.0. The number of carbonyl (C=O) groups is 1. The summed E-state index contributed by atoms with van der Waals surface area (Å²) in [6.07, 6.45) is 0. The second kappa shape index (κ2) is 8.41. The number of halogens is 1. The number of nitrogens with one attached hydrogen (secondary N) is 2. The first-order chi connectivity index (χ1) is 13.1. The van der Waals surface area contributed by atoms with Gasteiger partial charge in [-0.15, -0.1) is 5.10 Å². The normalized spacial score (nSPS) is 10.3. The fraction of sp³-hybridized carbons (Fsp3) is 0.167. The van der Waals surface area contributed by atoms with Crippen molar-refractivity contribution in [3.8, 4) is 23.0 Å². The Morgan fingerprint density at radius 3 is 2.63 bits per heavy atom. The van der Waals surface area contributed by atoms with Crippen molar-refractivity contribution in [2.45, 2.75) is 6.54 Å². The molecule has 0 saturated carbocycles. The lowest BCUT2D eigenvalue weighted by Crippen LogP contribution is -2.28. The van der Waals surface area contributed by atoms with Gasteiger partial charge in [0.25, 0.3) is 5.89 Å². The van der Waals surface area contributed by atoms with Crippen LogP contribution in [-0.4, -0.2) is 30.4 Å². The summed E-state index contributed by atoms with van der Waals surface area (Å²) in [5.41, 5.74) is 1.43. The summed E-state index contributed by atoms with van der Waals surface area (Å²) >= 11 is 6.09. The lowest BCUT2D eigenvalue weighted by atomic mass is 10.2. The maximum atomic E-state index is 12.0. The third kappa shape index (κ3) is 4.48. The molecular formula is C18H17ClN4O4. The summed E-state index contributed by atoms with van der Waals surface area (Å²) in [7, 11) is 3.11. The summed E-state index contributed by atoms with van der Waals surface area (Å²) in [5.74, 6) is 1.41. The van der Waals surface area contributed by atoms with Crippen molar-refractivity contribution in [2.75, 3.05) is 19.5 Å². The second-order valence-electron chi connectivity index (χ2n) is 5.39. The predicted octanol–water partition coefficient (Wildman–Crippen LogP) is 3.73. The molecule has 9 heteroatoms. The third-order valence-corrected chi connectivity index (χ3v) is 3.98. The Bertz CT molecular complexity index is 945. The summed E-state index contributed by atoms with van der Waals surface area (Å²) in [6.45, 7) is 0.275. The Labute approximate surface area is 160 Å². The van der Waals surface area contributed by atoms with Gasteiger partial charge in [-0.25, -0.2) is 4.79 Å². The van der Waals surface area contributed by atoms with Crippen LogP contribution in [0.4, 0.5) is 10.8 Å². The number of hydrogen-bond acceptors (Lipinski definition) is 6. The lowest BCUT2D eigenvalue weighted by Gasteiger charge is -2.10. The average molecular weight is 389 g/mol. The molecule has 0 atom stereocenters. The van der Waals surface area contributed by atoms with Crippen molar-refractivity contribution in [3.63, 3.8) is 0 Å². The quantitative estimate of drug-likeness (QED) is 0.667. The van der Waals surface area contributed by atoms with E-state index in [0.717, 1.165) is 5.56 Å². The molecule has 2 N–H and O–H groups in total. The molecule has 2 aromatic carbocycles. The Morgan fingerprint density at radius 2 is 1.89 bits per heavy atom. The standard InChI is InChI=1S/C18H17ClN4O4/c1-25-14-8-7-11(9-15(14)26-2)10-20-17(24)21-18-23-22-16(27-18)12-5-3-4-6-13(12)19/h3-9H,10H2,1-2H3,(H2,20,21,23,24). The van der Waals surface area contributed by atoms with Crippen LogP contribution in [0.3, 0.4) is 0 Å². The lowest BCUT2D eigenvalue weighted by molar-refractivity contribution is 0.251. The molecule has 0 saturated heterocycles. The smallest absolute Gasteiger partial charge is 0.324 e. The van der Waals surface area contributed by atoms with Gasteiger partial charge in [0.2, 0.25) is 0 Å². The number of methoxy groups -OCH3 is 2. The number of anilines is 1. The van der Waals surface area contributed by atoms with E-state index in [2.05, 4.69) is 20.8 Å². The van der Waals surface area contributed by atoms with Crippen molar-refractivity contribution in [2.24, 2.45) is 0 Å². The number of amides is 2. The molecule has 0 bridgehead atoms. The highest BCUT2D eigenvalue weighted by Gasteiger charge is 2.13. The van der Waals surface area contributed by atoms with Gasteiger partial charge in [0.05, 0.1) is 24.8 Å². The number of benzene rings is 2. The van der Waals surface area contributed by atoms with Gasteiger partial charge in [-0.3, -0.25) is 5.32 Å². The van der Waals surface area contributed by atoms with E-state index in [1.54, 1.807) is 50.6 Å². The monoisotopic (exact) mass is 388 g/mol. The van der Waals surface area contributed by atoms with Gasteiger partial charge in [-0.1, -0.05) is 34.9 Å². The Balaban J connectivity index is 1.60. The first-order valence-corrected chi connectivity index (χ1v) is 8.32. The maximum absolute atomic E-state index is 12.0. The van der Waals surface area contributed by atoms with E-state index >= 15 is 0 Å². The number of ether oxygens (including phenoxy) is 2. The maximum Gasteiger partial charge on any atom is 0.324 e. The van der Waals surface area contributed by atoms with Crippen LogP contribution < -0.4 is 20.1 Å². The van der Waals surface area contributed by atoms with Gasteiger partial charge in [-0.2, -0.15) is 0 Å². The van der Waals surface area contributed by atoms with Gasteiger partial charge in [0, 0.05) is 6.54 Å². The molecule has 0 fully saturated rings. The van der Waals surface area contributed by atoms with Crippen LogP contribution in [0.1, 0.15) is 5.56 Å². The SMILES string of the molecule is COc1ccc(CNC(=O)Nc2nnc(-c3ccccc3Cl)o2)cc1OC. The third-order valence-electron chi connectivity index (χ3n) is 3.65. The molecule has 0 spiro atoms. The fourth-order valence-electron chi connectivity index (χ4n) is 2.33. The first kappa shape index (κ1) is 18.5. The van der Waals surface area contributed by atoms with Crippen LogP contribution >= 0.6 is 11.6 Å². The van der Waals surface area contributed by atoms with Crippen molar-refractivity contribution in [1.29, 1.82) is 0 Å².